The second kappa shape index (κ2) is 9.05. The first-order chi connectivity index (χ1) is 17.3. The number of hydrogen-bond donors (Lipinski definition) is 1. The normalized spacial score (nSPS) is 33.1. The van der Waals surface area contributed by atoms with Gasteiger partial charge < -0.3 is 29.3 Å². The number of carbonyl (C=O) groups is 3. The summed E-state index contributed by atoms with van der Waals surface area (Å²) in [6, 6.07) is 6.76. The standard InChI is InChI=1S/C27H33N3O6/c1-4-28(5-2)18-8-10-19(11-9-18)29-14-6-13-27-20(23(32)30(15-16-31)22(27)24(29)33)21-25(34)35-17-7-12-26(21,3)36-27/h6-13,20-22,31H,4-5,14-17H2,1-3H3/t20-,21+,22?,26-,27-/m0/s1. The fraction of sp³-hybridized carbons (Fsp3) is 0.519. The van der Waals surface area contributed by atoms with E-state index in [0.717, 1.165) is 18.8 Å². The molecular weight excluding hydrogens is 462 g/mol. The van der Waals surface area contributed by atoms with Gasteiger partial charge in [0.2, 0.25) is 5.91 Å². The van der Waals surface area contributed by atoms with E-state index in [-0.39, 0.29) is 31.6 Å². The Morgan fingerprint density at radius 1 is 1.03 bits per heavy atom. The molecule has 9 heteroatoms. The van der Waals surface area contributed by atoms with Gasteiger partial charge in [0.1, 0.15) is 24.2 Å². The van der Waals surface area contributed by atoms with Gasteiger partial charge in [-0.2, -0.15) is 0 Å². The molecule has 1 aromatic rings. The maximum Gasteiger partial charge on any atom is 0.313 e. The van der Waals surface area contributed by atoms with Crippen molar-refractivity contribution < 1.29 is 29.0 Å². The minimum absolute atomic E-state index is 0.0340. The number of carbonyl (C=O) groups excluding carboxylic acids is 3. The Labute approximate surface area is 210 Å². The van der Waals surface area contributed by atoms with Gasteiger partial charge in [-0.05, 0) is 51.1 Å². The monoisotopic (exact) mass is 495 g/mol. The highest BCUT2D eigenvalue weighted by Crippen LogP contribution is 2.57. The van der Waals surface area contributed by atoms with Gasteiger partial charge in [0.05, 0.1) is 18.1 Å². The average molecular weight is 496 g/mol. The highest BCUT2D eigenvalue weighted by molar-refractivity contribution is 6.05. The Morgan fingerprint density at radius 3 is 2.42 bits per heavy atom. The number of ether oxygens (including phenoxy) is 2. The Morgan fingerprint density at radius 2 is 1.75 bits per heavy atom. The van der Waals surface area contributed by atoms with Gasteiger partial charge in [-0.1, -0.05) is 18.2 Å². The number of aliphatic hydroxyl groups is 1. The van der Waals surface area contributed by atoms with Crippen LogP contribution < -0.4 is 9.80 Å². The zero-order valence-electron chi connectivity index (χ0n) is 20.9. The lowest BCUT2D eigenvalue weighted by atomic mass is 9.75. The van der Waals surface area contributed by atoms with E-state index in [2.05, 4.69) is 18.7 Å². The van der Waals surface area contributed by atoms with Gasteiger partial charge >= 0.3 is 5.97 Å². The highest BCUT2D eigenvalue weighted by Gasteiger charge is 2.74. The van der Waals surface area contributed by atoms with Crippen LogP contribution in [0.3, 0.4) is 0 Å². The molecule has 1 N–H and O–H groups in total. The first kappa shape index (κ1) is 24.5. The lowest BCUT2D eigenvalue weighted by molar-refractivity contribution is -0.156. The van der Waals surface area contributed by atoms with Crippen molar-refractivity contribution in [3.8, 4) is 0 Å². The van der Waals surface area contributed by atoms with Crippen LogP contribution in [0, 0.1) is 11.8 Å². The molecule has 5 rings (SSSR count). The zero-order chi connectivity index (χ0) is 25.7. The molecule has 192 valence electrons. The number of hydrogen-bond acceptors (Lipinski definition) is 7. The van der Waals surface area contributed by atoms with Crippen LogP contribution in [0.25, 0.3) is 0 Å². The van der Waals surface area contributed by atoms with Crippen molar-refractivity contribution in [3.63, 3.8) is 0 Å². The second-order valence-corrected chi connectivity index (χ2v) is 9.82. The molecule has 1 aromatic carbocycles. The van der Waals surface area contributed by atoms with Gasteiger partial charge in [0.25, 0.3) is 5.91 Å². The third-order valence-electron chi connectivity index (χ3n) is 7.94. The van der Waals surface area contributed by atoms with E-state index < -0.39 is 35.0 Å². The van der Waals surface area contributed by atoms with Crippen LogP contribution in [0.15, 0.2) is 48.6 Å². The summed E-state index contributed by atoms with van der Waals surface area (Å²) in [5.74, 6) is -3.04. The van der Waals surface area contributed by atoms with E-state index in [4.69, 9.17) is 9.47 Å². The number of likely N-dealkylation sites (tertiary alicyclic amines) is 1. The van der Waals surface area contributed by atoms with Crippen LogP contribution in [0.4, 0.5) is 11.4 Å². The quantitative estimate of drug-likeness (QED) is 0.472. The fourth-order valence-corrected chi connectivity index (χ4v) is 6.37. The maximum atomic E-state index is 14.2. The molecule has 0 aromatic heterocycles. The summed E-state index contributed by atoms with van der Waals surface area (Å²) in [4.78, 5) is 46.2. The lowest BCUT2D eigenvalue weighted by Gasteiger charge is -2.37. The van der Waals surface area contributed by atoms with Crippen molar-refractivity contribution in [2.75, 3.05) is 49.2 Å². The van der Waals surface area contributed by atoms with Crippen LogP contribution in [-0.2, 0) is 23.9 Å². The molecular formula is C27H33N3O6. The molecule has 0 radical (unpaired) electrons. The maximum absolute atomic E-state index is 14.2. The number of fused-ring (bicyclic) bond motifs is 2. The van der Waals surface area contributed by atoms with E-state index in [1.807, 2.05) is 30.3 Å². The van der Waals surface area contributed by atoms with Crippen molar-refractivity contribution in [1.29, 1.82) is 0 Å². The van der Waals surface area contributed by atoms with E-state index in [1.165, 1.54) is 4.90 Å². The molecule has 4 aliphatic heterocycles. The van der Waals surface area contributed by atoms with Crippen LogP contribution in [0.5, 0.6) is 0 Å². The van der Waals surface area contributed by atoms with E-state index in [0.29, 0.717) is 12.2 Å². The average Bonchev–Trinajstić information content (AvgIpc) is 3.11. The third kappa shape index (κ3) is 3.48. The van der Waals surface area contributed by atoms with Crippen molar-refractivity contribution in [2.45, 2.75) is 38.0 Å². The number of β-amino-alcohol motifs (C(OH)–C–C–N with tert-alkyl or cyclic N) is 1. The third-order valence-corrected chi connectivity index (χ3v) is 7.94. The first-order valence-electron chi connectivity index (χ1n) is 12.6. The predicted molar refractivity (Wildman–Crippen MR) is 133 cm³/mol. The predicted octanol–water partition coefficient (Wildman–Crippen LogP) is 1.51. The lowest BCUT2D eigenvalue weighted by Crippen LogP contribution is -2.56. The number of esters is 1. The number of benzene rings is 1. The number of amides is 2. The number of aliphatic hydroxyl groups excluding tert-OH is 1. The molecule has 1 unspecified atom stereocenters. The van der Waals surface area contributed by atoms with Crippen molar-refractivity contribution >= 4 is 29.2 Å². The number of anilines is 2. The first-order valence-corrected chi connectivity index (χ1v) is 12.6. The van der Waals surface area contributed by atoms with Gasteiger partial charge in [0, 0.05) is 37.6 Å². The van der Waals surface area contributed by atoms with Crippen molar-refractivity contribution in [2.24, 2.45) is 11.8 Å². The van der Waals surface area contributed by atoms with Crippen molar-refractivity contribution in [1.82, 2.24) is 4.90 Å². The molecule has 5 atom stereocenters. The largest absolute Gasteiger partial charge is 0.461 e. The molecule has 1 spiro atoms. The Kier molecular flexibility index (Phi) is 6.16. The minimum Gasteiger partial charge on any atom is -0.461 e. The van der Waals surface area contributed by atoms with Gasteiger partial charge in [0.15, 0.2) is 0 Å². The summed E-state index contributed by atoms with van der Waals surface area (Å²) in [6.07, 6.45) is 7.10. The summed E-state index contributed by atoms with van der Waals surface area (Å²) < 4.78 is 12.0. The Hall–Kier alpha value is -3.17. The molecule has 2 saturated heterocycles. The summed E-state index contributed by atoms with van der Waals surface area (Å²) in [5, 5.41) is 9.76. The number of rotatable bonds is 6. The molecule has 0 saturated carbocycles. The molecule has 0 aliphatic carbocycles. The van der Waals surface area contributed by atoms with Crippen molar-refractivity contribution in [3.05, 3.63) is 48.6 Å². The Bertz CT molecular complexity index is 1110. The van der Waals surface area contributed by atoms with Crippen LogP contribution >= 0.6 is 0 Å². The molecule has 9 nitrogen and oxygen atoms in total. The van der Waals surface area contributed by atoms with Gasteiger partial charge in [-0.25, -0.2) is 0 Å². The zero-order valence-corrected chi connectivity index (χ0v) is 20.9. The van der Waals surface area contributed by atoms with Crippen LogP contribution in [0.1, 0.15) is 20.8 Å². The number of nitrogens with zero attached hydrogens (tertiary/aromatic N) is 3. The summed E-state index contributed by atoms with van der Waals surface area (Å²) >= 11 is 0. The highest BCUT2D eigenvalue weighted by atomic mass is 16.6. The summed E-state index contributed by atoms with van der Waals surface area (Å²) in [6.45, 7) is 7.76. The summed E-state index contributed by atoms with van der Waals surface area (Å²) in [7, 11) is 0. The smallest absolute Gasteiger partial charge is 0.313 e. The Balaban J connectivity index is 1.56. The molecule has 2 amide bonds. The van der Waals surface area contributed by atoms with E-state index >= 15 is 0 Å². The topological polar surface area (TPSA) is 99.6 Å². The molecule has 36 heavy (non-hydrogen) atoms. The van der Waals surface area contributed by atoms with E-state index in [9.17, 15) is 19.5 Å². The molecule has 2 fully saturated rings. The molecule has 4 aliphatic rings. The molecule has 0 bridgehead atoms. The van der Waals surface area contributed by atoms with Crippen LogP contribution in [-0.4, -0.2) is 84.4 Å². The molecule has 4 heterocycles. The van der Waals surface area contributed by atoms with Gasteiger partial charge in [-0.3, -0.25) is 14.4 Å². The fourth-order valence-electron chi connectivity index (χ4n) is 6.37. The van der Waals surface area contributed by atoms with Gasteiger partial charge in [-0.15, -0.1) is 0 Å². The second-order valence-electron chi connectivity index (χ2n) is 9.82. The van der Waals surface area contributed by atoms with Crippen LogP contribution in [0.2, 0.25) is 0 Å². The SMILES string of the molecule is CCN(CC)c1ccc(N2CC=C[C@]34O[C@@]5(C)C=CCOC(=O)[C@H]5[C@H]3C(=O)N(CCO)C4C2=O)cc1. The number of cyclic esters (lactones) is 1. The summed E-state index contributed by atoms with van der Waals surface area (Å²) in [5.41, 5.74) is -0.675. The minimum atomic E-state index is -1.35. The van der Waals surface area contributed by atoms with E-state index in [1.54, 1.807) is 30.1 Å².